The zero-order chi connectivity index (χ0) is 11.5. The van der Waals surface area contributed by atoms with Crippen LogP contribution in [0, 0.1) is 22.7 Å². The highest BCUT2D eigenvalue weighted by Gasteiger charge is 2.13. The van der Waals surface area contributed by atoms with Crippen LogP contribution < -0.4 is 5.73 Å². The average molecular weight is 208 g/mol. The lowest BCUT2D eigenvalue weighted by atomic mass is 10.3. The Morgan fingerprint density at radius 2 is 1.75 bits per heavy atom. The summed E-state index contributed by atoms with van der Waals surface area (Å²) in [6.07, 6.45) is 1.57. The van der Waals surface area contributed by atoms with Crippen molar-refractivity contribution >= 4 is 5.69 Å². The summed E-state index contributed by atoms with van der Waals surface area (Å²) < 4.78 is 1.62. The van der Waals surface area contributed by atoms with Crippen LogP contribution in [0.3, 0.4) is 0 Å². The molecule has 2 rings (SSSR count). The quantitative estimate of drug-likeness (QED) is 0.776. The van der Waals surface area contributed by atoms with E-state index in [4.69, 9.17) is 16.3 Å². The minimum absolute atomic E-state index is 0.230. The molecule has 4 nitrogen and oxygen atoms in total. The largest absolute Gasteiger partial charge is 0.395 e. The number of nitriles is 2. The first-order chi connectivity index (χ1) is 7.77. The third-order valence-corrected chi connectivity index (χ3v) is 2.31. The van der Waals surface area contributed by atoms with Crippen LogP contribution >= 0.6 is 0 Å². The van der Waals surface area contributed by atoms with Crippen molar-refractivity contribution in [2.45, 2.75) is 0 Å². The molecule has 0 saturated carbocycles. The third-order valence-electron chi connectivity index (χ3n) is 2.31. The van der Waals surface area contributed by atoms with E-state index in [2.05, 4.69) is 0 Å². The molecular formula is C12H8N4. The molecule has 0 radical (unpaired) electrons. The molecule has 0 aliphatic carbocycles. The first-order valence-electron chi connectivity index (χ1n) is 4.64. The molecule has 2 N–H and O–H groups in total. The van der Waals surface area contributed by atoms with Gasteiger partial charge in [0.2, 0.25) is 0 Å². The van der Waals surface area contributed by atoms with E-state index in [0.29, 0.717) is 11.3 Å². The fourth-order valence-electron chi connectivity index (χ4n) is 1.52. The Morgan fingerprint density at radius 3 is 2.31 bits per heavy atom. The van der Waals surface area contributed by atoms with Crippen LogP contribution in [0.15, 0.2) is 36.5 Å². The summed E-state index contributed by atoms with van der Waals surface area (Å²) in [4.78, 5) is 0. The van der Waals surface area contributed by atoms with Gasteiger partial charge < -0.3 is 10.3 Å². The number of para-hydroxylation sites is 1. The normalized spacial score (nSPS) is 9.38. The Kier molecular flexibility index (Phi) is 2.33. The van der Waals surface area contributed by atoms with Gasteiger partial charge in [0.1, 0.15) is 17.8 Å². The lowest BCUT2D eigenvalue weighted by Crippen LogP contribution is -1.97. The summed E-state index contributed by atoms with van der Waals surface area (Å²) in [7, 11) is 0. The van der Waals surface area contributed by atoms with E-state index < -0.39 is 0 Å². The van der Waals surface area contributed by atoms with Gasteiger partial charge >= 0.3 is 0 Å². The number of nitrogens with zero attached hydrogens (tertiary/aromatic N) is 3. The minimum Gasteiger partial charge on any atom is -0.395 e. The van der Waals surface area contributed by atoms with Crippen molar-refractivity contribution in [1.29, 1.82) is 10.5 Å². The highest BCUT2D eigenvalue weighted by Crippen LogP contribution is 2.22. The van der Waals surface area contributed by atoms with Crippen molar-refractivity contribution in [2.24, 2.45) is 0 Å². The molecule has 0 atom stereocenters. The number of benzene rings is 1. The first kappa shape index (κ1) is 9.82. The van der Waals surface area contributed by atoms with Crippen LogP contribution in [0.5, 0.6) is 0 Å². The van der Waals surface area contributed by atoms with Gasteiger partial charge in [0.25, 0.3) is 0 Å². The number of hydrogen-bond donors (Lipinski definition) is 1. The standard InChI is InChI=1S/C12H8N4/c13-6-9-8-16(11(7-14)12(9)15)10-4-2-1-3-5-10/h1-5,8H,15H2. The predicted molar refractivity (Wildman–Crippen MR) is 59.6 cm³/mol. The molecule has 1 aromatic carbocycles. The van der Waals surface area contributed by atoms with Gasteiger partial charge in [-0.05, 0) is 12.1 Å². The SMILES string of the molecule is N#Cc1cn(-c2ccccc2)c(C#N)c1N. The van der Waals surface area contributed by atoms with Crippen molar-refractivity contribution in [3.8, 4) is 17.8 Å². The maximum absolute atomic E-state index is 9.01. The number of nitrogen functional groups attached to an aromatic ring is 1. The maximum Gasteiger partial charge on any atom is 0.149 e. The smallest absolute Gasteiger partial charge is 0.149 e. The zero-order valence-corrected chi connectivity index (χ0v) is 8.38. The monoisotopic (exact) mass is 208 g/mol. The summed E-state index contributed by atoms with van der Waals surface area (Å²) in [6, 6.07) is 13.3. The summed E-state index contributed by atoms with van der Waals surface area (Å²) in [5.74, 6) is 0. The summed E-state index contributed by atoms with van der Waals surface area (Å²) >= 11 is 0. The molecule has 16 heavy (non-hydrogen) atoms. The van der Waals surface area contributed by atoms with E-state index in [1.807, 2.05) is 42.5 Å². The van der Waals surface area contributed by atoms with E-state index in [1.165, 1.54) is 0 Å². The second-order valence-corrected chi connectivity index (χ2v) is 3.23. The molecule has 0 spiro atoms. The number of nitrogens with two attached hydrogens (primary N) is 1. The highest BCUT2D eigenvalue weighted by molar-refractivity contribution is 5.64. The lowest BCUT2D eigenvalue weighted by Gasteiger charge is -2.03. The van der Waals surface area contributed by atoms with Gasteiger partial charge in [-0.3, -0.25) is 0 Å². The van der Waals surface area contributed by atoms with Gasteiger partial charge in [-0.25, -0.2) is 0 Å². The third kappa shape index (κ3) is 1.39. The Morgan fingerprint density at radius 1 is 1.06 bits per heavy atom. The predicted octanol–water partition coefficient (Wildman–Crippen LogP) is 1.80. The maximum atomic E-state index is 9.01. The molecule has 4 heteroatoms. The van der Waals surface area contributed by atoms with Crippen LogP contribution in [0.2, 0.25) is 0 Å². The van der Waals surface area contributed by atoms with E-state index >= 15 is 0 Å². The Balaban J connectivity index is 2.69. The number of aromatic nitrogens is 1. The molecule has 0 fully saturated rings. The van der Waals surface area contributed by atoms with Crippen molar-refractivity contribution in [1.82, 2.24) is 4.57 Å². The fourth-order valence-corrected chi connectivity index (χ4v) is 1.52. The van der Waals surface area contributed by atoms with E-state index in [-0.39, 0.29) is 5.69 Å². The molecule has 1 aromatic heterocycles. The average Bonchev–Trinajstić information content (AvgIpc) is 2.66. The molecule has 2 aromatic rings. The van der Waals surface area contributed by atoms with Crippen molar-refractivity contribution < 1.29 is 0 Å². The van der Waals surface area contributed by atoms with Gasteiger partial charge in [0, 0.05) is 11.9 Å². The van der Waals surface area contributed by atoms with Crippen LogP contribution in [0.4, 0.5) is 5.69 Å². The molecule has 0 aliphatic heterocycles. The molecular weight excluding hydrogens is 200 g/mol. The number of rotatable bonds is 1. The topological polar surface area (TPSA) is 78.5 Å². The van der Waals surface area contributed by atoms with Crippen LogP contribution in [-0.4, -0.2) is 4.57 Å². The van der Waals surface area contributed by atoms with E-state index in [9.17, 15) is 0 Å². The van der Waals surface area contributed by atoms with Crippen LogP contribution in [0.1, 0.15) is 11.3 Å². The van der Waals surface area contributed by atoms with E-state index in [0.717, 1.165) is 5.69 Å². The Bertz CT molecular complexity index is 596. The second kappa shape index (κ2) is 3.80. The van der Waals surface area contributed by atoms with Gasteiger partial charge in [-0.2, -0.15) is 10.5 Å². The van der Waals surface area contributed by atoms with E-state index in [1.54, 1.807) is 10.8 Å². The molecule has 0 saturated heterocycles. The fraction of sp³-hybridized carbons (Fsp3) is 0. The summed E-state index contributed by atoms with van der Waals surface area (Å²) in [6.45, 7) is 0. The molecule has 0 bridgehead atoms. The Labute approximate surface area is 92.8 Å². The highest BCUT2D eigenvalue weighted by atomic mass is 15.0. The molecule has 0 amide bonds. The van der Waals surface area contributed by atoms with Crippen LogP contribution in [-0.2, 0) is 0 Å². The summed E-state index contributed by atoms with van der Waals surface area (Å²) in [5.41, 5.74) is 7.35. The molecule has 0 aliphatic rings. The lowest BCUT2D eigenvalue weighted by molar-refractivity contribution is 1.05. The summed E-state index contributed by atoms with van der Waals surface area (Å²) in [5, 5.41) is 17.9. The van der Waals surface area contributed by atoms with Gasteiger partial charge in [0.05, 0.1) is 11.3 Å². The van der Waals surface area contributed by atoms with Gasteiger partial charge in [-0.15, -0.1) is 0 Å². The number of hydrogen-bond acceptors (Lipinski definition) is 3. The first-order valence-corrected chi connectivity index (χ1v) is 4.64. The number of anilines is 1. The van der Waals surface area contributed by atoms with Crippen molar-refractivity contribution in [3.05, 3.63) is 47.8 Å². The van der Waals surface area contributed by atoms with Crippen LogP contribution in [0.25, 0.3) is 5.69 Å². The molecule has 76 valence electrons. The molecule has 0 unspecified atom stereocenters. The Hall–Kier alpha value is -2.72. The minimum atomic E-state index is 0.230. The van der Waals surface area contributed by atoms with Gasteiger partial charge in [0.15, 0.2) is 0 Å². The molecule has 1 heterocycles. The zero-order valence-electron chi connectivity index (χ0n) is 8.38. The van der Waals surface area contributed by atoms with Crippen molar-refractivity contribution in [2.75, 3.05) is 5.73 Å². The van der Waals surface area contributed by atoms with Crippen molar-refractivity contribution in [3.63, 3.8) is 0 Å². The second-order valence-electron chi connectivity index (χ2n) is 3.23. The van der Waals surface area contributed by atoms with Gasteiger partial charge in [-0.1, -0.05) is 18.2 Å².